The van der Waals surface area contributed by atoms with Gasteiger partial charge in [0.1, 0.15) is 12.3 Å². The lowest BCUT2D eigenvalue weighted by Gasteiger charge is -2.13. The van der Waals surface area contributed by atoms with Crippen molar-refractivity contribution >= 4 is 35.7 Å². The van der Waals surface area contributed by atoms with Gasteiger partial charge in [-0.05, 0) is 66.9 Å². The fourth-order valence-electron chi connectivity index (χ4n) is 3.96. The summed E-state index contributed by atoms with van der Waals surface area (Å²) >= 11 is 0. The summed E-state index contributed by atoms with van der Waals surface area (Å²) in [7, 11) is 0. The molecule has 0 atom stereocenters. The van der Waals surface area contributed by atoms with Crippen molar-refractivity contribution in [3.8, 4) is 28.4 Å². The maximum absolute atomic E-state index is 12.8. The Morgan fingerprint density at radius 3 is 1.85 bits per heavy atom. The summed E-state index contributed by atoms with van der Waals surface area (Å²) < 4.78 is 21.3. The third kappa shape index (κ3) is 8.50. The molecule has 0 fully saturated rings. The Labute approximate surface area is 264 Å². The first-order valence-electron chi connectivity index (χ1n) is 13.9. The number of benzene rings is 3. The van der Waals surface area contributed by atoms with Crippen molar-refractivity contribution in [3.05, 3.63) is 114 Å². The molecule has 11 nitrogen and oxygen atoms in total. The minimum Gasteiger partial charge on any atom is -0.464 e. The molecule has 0 bridgehead atoms. The van der Waals surface area contributed by atoms with Crippen LogP contribution in [-0.2, 0) is 35.1 Å². The Bertz CT molecular complexity index is 1750. The van der Waals surface area contributed by atoms with E-state index in [2.05, 4.69) is 13.2 Å². The molecular formula is C35H29NO10. The van der Waals surface area contributed by atoms with Gasteiger partial charge < -0.3 is 18.9 Å². The predicted molar refractivity (Wildman–Crippen MR) is 165 cm³/mol. The monoisotopic (exact) mass is 623 g/mol. The molecule has 0 aromatic heterocycles. The molecule has 234 valence electrons. The van der Waals surface area contributed by atoms with E-state index in [1.165, 1.54) is 26.0 Å². The van der Waals surface area contributed by atoms with E-state index in [1.807, 2.05) is 0 Å². The molecule has 0 saturated heterocycles. The van der Waals surface area contributed by atoms with E-state index < -0.39 is 42.2 Å². The fraction of sp³-hybridized carbons (Fsp3) is 0.143. The Hall–Kier alpha value is -6.10. The van der Waals surface area contributed by atoms with Crippen molar-refractivity contribution < 1.29 is 47.7 Å². The van der Waals surface area contributed by atoms with Gasteiger partial charge in [0.05, 0.1) is 12.2 Å². The van der Waals surface area contributed by atoms with Crippen LogP contribution in [-0.4, -0.2) is 53.7 Å². The molecular weight excluding hydrogens is 594 g/mol. The first-order valence-corrected chi connectivity index (χ1v) is 13.9. The van der Waals surface area contributed by atoms with Crippen LogP contribution in [0.2, 0.25) is 0 Å². The smallest absolute Gasteiger partial charge is 0.343 e. The van der Waals surface area contributed by atoms with E-state index in [1.54, 1.807) is 54.6 Å². The van der Waals surface area contributed by atoms with Gasteiger partial charge in [0.15, 0.2) is 11.5 Å². The number of carbonyl (C=O) groups excluding carboxylic acids is 6. The lowest BCUT2D eigenvalue weighted by Crippen LogP contribution is -2.36. The van der Waals surface area contributed by atoms with E-state index >= 15 is 0 Å². The molecule has 0 saturated carbocycles. The maximum Gasteiger partial charge on any atom is 0.343 e. The first-order chi connectivity index (χ1) is 21.9. The van der Waals surface area contributed by atoms with Crippen LogP contribution < -0.4 is 14.2 Å². The van der Waals surface area contributed by atoms with Gasteiger partial charge in [-0.15, -0.1) is 0 Å². The van der Waals surface area contributed by atoms with Crippen LogP contribution in [0, 0.1) is 0 Å². The molecule has 0 N–H and O–H groups in total. The summed E-state index contributed by atoms with van der Waals surface area (Å²) in [6.45, 7) is 9.69. The number of rotatable bonds is 12. The van der Waals surface area contributed by atoms with Crippen LogP contribution in [0.1, 0.15) is 29.8 Å². The topological polar surface area (TPSA) is 143 Å². The van der Waals surface area contributed by atoms with Gasteiger partial charge in [-0.3, -0.25) is 19.3 Å². The van der Waals surface area contributed by atoms with E-state index in [-0.39, 0.29) is 34.8 Å². The van der Waals surface area contributed by atoms with Gasteiger partial charge in [-0.2, -0.15) is 0 Å². The van der Waals surface area contributed by atoms with Crippen LogP contribution in [0.5, 0.6) is 17.2 Å². The van der Waals surface area contributed by atoms with Gasteiger partial charge in [0.2, 0.25) is 0 Å². The molecule has 0 unspecified atom stereocenters. The largest absolute Gasteiger partial charge is 0.464 e. The third-order valence-electron chi connectivity index (χ3n) is 6.48. The number of hydrogen-bond donors (Lipinski definition) is 0. The number of ether oxygens (including phenoxy) is 4. The molecule has 1 aliphatic rings. The van der Waals surface area contributed by atoms with Crippen LogP contribution in [0.4, 0.5) is 0 Å². The predicted octanol–water partition coefficient (Wildman–Crippen LogP) is 4.55. The van der Waals surface area contributed by atoms with Crippen molar-refractivity contribution in [2.45, 2.75) is 20.3 Å². The minimum atomic E-state index is -0.699. The number of hydrogen-bond acceptors (Lipinski definition) is 10. The quantitative estimate of drug-likeness (QED) is 0.122. The molecule has 2 amide bonds. The lowest BCUT2D eigenvalue weighted by atomic mass is 10.0. The highest BCUT2D eigenvalue weighted by Gasteiger charge is 2.26. The highest BCUT2D eigenvalue weighted by Crippen LogP contribution is 2.34. The summed E-state index contributed by atoms with van der Waals surface area (Å²) in [5.74, 6) is -3.43. The third-order valence-corrected chi connectivity index (χ3v) is 6.48. The molecule has 3 aromatic carbocycles. The van der Waals surface area contributed by atoms with Gasteiger partial charge in [0, 0.05) is 29.7 Å². The minimum absolute atomic E-state index is 0.0119. The van der Waals surface area contributed by atoms with Crippen LogP contribution in [0.25, 0.3) is 11.1 Å². The van der Waals surface area contributed by atoms with E-state index in [4.69, 9.17) is 18.9 Å². The molecule has 0 radical (unpaired) electrons. The Kier molecular flexibility index (Phi) is 10.4. The zero-order valence-corrected chi connectivity index (χ0v) is 25.1. The van der Waals surface area contributed by atoms with Crippen molar-refractivity contribution in [2.24, 2.45) is 0 Å². The second kappa shape index (κ2) is 14.6. The van der Waals surface area contributed by atoms with Crippen LogP contribution >= 0.6 is 0 Å². The Morgan fingerprint density at radius 2 is 1.26 bits per heavy atom. The lowest BCUT2D eigenvalue weighted by molar-refractivity contribution is -0.151. The van der Waals surface area contributed by atoms with Crippen molar-refractivity contribution in [1.29, 1.82) is 0 Å². The zero-order chi connectivity index (χ0) is 33.4. The van der Waals surface area contributed by atoms with Gasteiger partial charge >= 0.3 is 23.9 Å². The molecule has 4 rings (SSSR count). The number of amides is 2. The van der Waals surface area contributed by atoms with Crippen molar-refractivity contribution in [3.63, 3.8) is 0 Å². The molecule has 3 aromatic rings. The van der Waals surface area contributed by atoms with Crippen molar-refractivity contribution in [2.75, 3.05) is 13.2 Å². The van der Waals surface area contributed by atoms with Gasteiger partial charge in [0.25, 0.3) is 11.8 Å². The summed E-state index contributed by atoms with van der Waals surface area (Å²) in [6.07, 6.45) is 2.55. The fourth-order valence-corrected chi connectivity index (χ4v) is 3.96. The maximum atomic E-state index is 12.8. The molecule has 0 spiro atoms. The van der Waals surface area contributed by atoms with E-state index in [0.717, 1.165) is 22.6 Å². The standard InChI is InChI=1S/C35H29NO10/c1-21(2)33(40)45-28-14-11-26(19-29(28)46-34(41)22(3)4)24-7-9-25(10-8-24)35(42)44-27-12-5-23(6-13-27)17-18-43-32(39)20-36-30(37)15-16-31(36)38/h5-16,19H,1,3,17-18,20H2,2,4H3. The number of carbonyl (C=O) groups is 6. The molecule has 1 aliphatic heterocycles. The summed E-state index contributed by atoms with van der Waals surface area (Å²) in [6, 6.07) is 17.9. The zero-order valence-electron chi connectivity index (χ0n) is 25.1. The molecule has 46 heavy (non-hydrogen) atoms. The van der Waals surface area contributed by atoms with E-state index in [9.17, 15) is 28.8 Å². The van der Waals surface area contributed by atoms with Crippen molar-refractivity contribution in [1.82, 2.24) is 4.90 Å². The molecule has 11 heteroatoms. The number of nitrogens with zero attached hydrogens (tertiary/aromatic N) is 1. The number of esters is 4. The summed E-state index contributed by atoms with van der Waals surface area (Å²) in [5, 5.41) is 0. The van der Waals surface area contributed by atoms with E-state index in [0.29, 0.717) is 23.3 Å². The van der Waals surface area contributed by atoms with Crippen LogP contribution in [0.15, 0.2) is 103 Å². The average Bonchev–Trinajstić information content (AvgIpc) is 3.34. The molecule has 0 aliphatic carbocycles. The summed E-state index contributed by atoms with van der Waals surface area (Å²) in [5.41, 5.74) is 2.72. The second-order valence-corrected chi connectivity index (χ2v) is 10.2. The highest BCUT2D eigenvalue weighted by atomic mass is 16.6. The number of imide groups is 1. The highest BCUT2D eigenvalue weighted by molar-refractivity contribution is 6.14. The average molecular weight is 624 g/mol. The van der Waals surface area contributed by atoms with Gasteiger partial charge in [-0.1, -0.05) is 43.5 Å². The summed E-state index contributed by atoms with van der Waals surface area (Å²) in [4.78, 5) is 72.8. The normalized spacial score (nSPS) is 12.0. The second-order valence-electron chi connectivity index (χ2n) is 10.2. The van der Waals surface area contributed by atoms with Gasteiger partial charge in [-0.25, -0.2) is 14.4 Å². The SMILES string of the molecule is C=C(C)C(=O)Oc1ccc(-c2ccc(C(=O)Oc3ccc(CCOC(=O)CN4C(=O)C=CC4=O)cc3)cc2)cc1OC(=O)C(=C)C. The first kappa shape index (κ1) is 32.8. The molecule has 1 heterocycles. The Balaban J connectivity index is 1.34. The van der Waals surface area contributed by atoms with Crippen LogP contribution in [0.3, 0.4) is 0 Å². The Morgan fingerprint density at radius 1 is 0.696 bits per heavy atom.